The summed E-state index contributed by atoms with van der Waals surface area (Å²) in [6, 6.07) is 9.83. The highest BCUT2D eigenvalue weighted by Crippen LogP contribution is 2.28. The average Bonchev–Trinajstić information content (AvgIpc) is 2.42. The van der Waals surface area contributed by atoms with Crippen molar-refractivity contribution in [3.05, 3.63) is 58.1 Å². The molecule has 0 unspecified atom stereocenters. The third-order valence-electron chi connectivity index (χ3n) is 2.46. The summed E-state index contributed by atoms with van der Waals surface area (Å²) in [6.45, 7) is 0. The van der Waals surface area contributed by atoms with Gasteiger partial charge in [0.25, 0.3) is 0 Å². The van der Waals surface area contributed by atoms with Gasteiger partial charge in [0, 0.05) is 5.02 Å². The van der Waals surface area contributed by atoms with E-state index in [1.54, 1.807) is 0 Å². The molecule has 0 spiro atoms. The minimum absolute atomic E-state index is 0.0262. The SMILES string of the molecule is O=S(=O)(Oc1ccc(/C=N\O)cc1Cl)c1ccc(Cl)cc1. The number of hydrogen-bond acceptors (Lipinski definition) is 5. The highest BCUT2D eigenvalue weighted by molar-refractivity contribution is 7.87. The largest absolute Gasteiger partial charge is 0.411 e. The van der Waals surface area contributed by atoms with E-state index >= 15 is 0 Å². The van der Waals surface area contributed by atoms with Gasteiger partial charge in [-0.15, -0.1) is 0 Å². The van der Waals surface area contributed by atoms with Crippen LogP contribution in [0.15, 0.2) is 52.5 Å². The first-order valence-electron chi connectivity index (χ1n) is 5.59. The fourth-order valence-electron chi connectivity index (χ4n) is 1.50. The highest BCUT2D eigenvalue weighted by Gasteiger charge is 2.18. The number of halogens is 2. The molecule has 0 aliphatic rings. The summed E-state index contributed by atoms with van der Waals surface area (Å²) < 4.78 is 29.2. The summed E-state index contributed by atoms with van der Waals surface area (Å²) in [5, 5.41) is 11.8. The summed E-state index contributed by atoms with van der Waals surface area (Å²) in [4.78, 5) is -0.0380. The molecule has 2 aromatic carbocycles. The van der Waals surface area contributed by atoms with Gasteiger partial charge in [0.2, 0.25) is 0 Å². The monoisotopic (exact) mass is 345 g/mol. The molecule has 8 heteroatoms. The van der Waals surface area contributed by atoms with Gasteiger partial charge in [-0.25, -0.2) is 0 Å². The quantitative estimate of drug-likeness (QED) is 0.397. The van der Waals surface area contributed by atoms with Gasteiger partial charge in [-0.2, -0.15) is 8.42 Å². The van der Waals surface area contributed by atoms with Crippen molar-refractivity contribution in [1.82, 2.24) is 0 Å². The average molecular weight is 346 g/mol. The van der Waals surface area contributed by atoms with Crippen molar-refractivity contribution in [3.8, 4) is 5.75 Å². The molecule has 0 aliphatic carbocycles. The van der Waals surface area contributed by atoms with Crippen molar-refractivity contribution in [1.29, 1.82) is 0 Å². The maximum Gasteiger partial charge on any atom is 0.339 e. The van der Waals surface area contributed by atoms with Crippen LogP contribution in [0.3, 0.4) is 0 Å². The Labute approximate surface area is 131 Å². The fraction of sp³-hybridized carbons (Fsp3) is 0. The number of rotatable bonds is 4. The summed E-state index contributed by atoms with van der Waals surface area (Å²) in [6.07, 6.45) is 1.16. The van der Waals surface area contributed by atoms with Crippen LogP contribution in [-0.4, -0.2) is 19.8 Å². The van der Waals surface area contributed by atoms with E-state index in [0.717, 1.165) is 6.21 Å². The molecule has 1 N–H and O–H groups in total. The van der Waals surface area contributed by atoms with E-state index in [0.29, 0.717) is 10.6 Å². The van der Waals surface area contributed by atoms with Crippen molar-refractivity contribution < 1.29 is 17.8 Å². The van der Waals surface area contributed by atoms with Crippen molar-refractivity contribution >= 4 is 39.5 Å². The normalized spacial score (nSPS) is 11.7. The van der Waals surface area contributed by atoms with Gasteiger partial charge in [0.05, 0.1) is 11.2 Å². The van der Waals surface area contributed by atoms with Crippen LogP contribution < -0.4 is 4.18 Å². The van der Waals surface area contributed by atoms with Crippen molar-refractivity contribution in [3.63, 3.8) is 0 Å². The fourth-order valence-corrected chi connectivity index (χ4v) is 2.85. The van der Waals surface area contributed by atoms with Gasteiger partial charge in [-0.3, -0.25) is 0 Å². The lowest BCUT2D eigenvalue weighted by molar-refractivity contribution is 0.322. The highest BCUT2D eigenvalue weighted by atomic mass is 35.5. The molecule has 0 radical (unpaired) electrons. The first-order chi connectivity index (χ1) is 9.92. The predicted molar refractivity (Wildman–Crippen MR) is 80.1 cm³/mol. The Kier molecular flexibility index (Phi) is 4.72. The lowest BCUT2D eigenvalue weighted by atomic mass is 10.2. The summed E-state index contributed by atoms with van der Waals surface area (Å²) >= 11 is 11.6. The Bertz CT molecular complexity index is 773. The molecule has 110 valence electrons. The molecule has 2 rings (SSSR count). The van der Waals surface area contributed by atoms with Crippen LogP contribution in [0.1, 0.15) is 5.56 Å². The van der Waals surface area contributed by atoms with Crippen molar-refractivity contribution in [2.45, 2.75) is 4.90 Å². The van der Waals surface area contributed by atoms with Gasteiger partial charge in [-0.05, 0) is 48.0 Å². The van der Waals surface area contributed by atoms with Gasteiger partial charge in [-0.1, -0.05) is 28.4 Å². The lowest BCUT2D eigenvalue weighted by Gasteiger charge is -2.09. The smallest absolute Gasteiger partial charge is 0.339 e. The molecule has 5 nitrogen and oxygen atoms in total. The van der Waals surface area contributed by atoms with Crippen LogP contribution in [0.4, 0.5) is 0 Å². The van der Waals surface area contributed by atoms with Crippen LogP contribution in [-0.2, 0) is 10.1 Å². The topological polar surface area (TPSA) is 76.0 Å². The molecular weight excluding hydrogens is 337 g/mol. The Morgan fingerprint density at radius 3 is 2.33 bits per heavy atom. The van der Waals surface area contributed by atoms with Gasteiger partial charge >= 0.3 is 10.1 Å². The lowest BCUT2D eigenvalue weighted by Crippen LogP contribution is -2.10. The Hall–Kier alpha value is -1.76. The molecule has 0 amide bonds. The minimum Gasteiger partial charge on any atom is -0.411 e. The number of benzene rings is 2. The van der Waals surface area contributed by atoms with Crippen LogP contribution in [0.25, 0.3) is 0 Å². The maximum atomic E-state index is 12.1. The van der Waals surface area contributed by atoms with Crippen LogP contribution >= 0.6 is 23.2 Å². The molecule has 21 heavy (non-hydrogen) atoms. The molecule has 0 bridgehead atoms. The van der Waals surface area contributed by atoms with Crippen LogP contribution in [0.2, 0.25) is 10.0 Å². The van der Waals surface area contributed by atoms with Gasteiger partial charge < -0.3 is 9.39 Å². The van der Waals surface area contributed by atoms with Crippen molar-refractivity contribution in [2.75, 3.05) is 0 Å². The predicted octanol–water partition coefficient (Wildman–Crippen LogP) is 3.57. The summed E-state index contributed by atoms with van der Waals surface area (Å²) in [7, 11) is -4.00. The first-order valence-corrected chi connectivity index (χ1v) is 7.76. The summed E-state index contributed by atoms with van der Waals surface area (Å²) in [5.41, 5.74) is 0.499. The third-order valence-corrected chi connectivity index (χ3v) is 4.26. The van der Waals surface area contributed by atoms with E-state index in [1.807, 2.05) is 0 Å². The molecule has 0 fully saturated rings. The van der Waals surface area contributed by atoms with E-state index in [4.69, 9.17) is 32.6 Å². The second kappa shape index (κ2) is 6.34. The molecule has 2 aromatic rings. The molecule has 0 atom stereocenters. The third kappa shape index (κ3) is 3.87. The van der Waals surface area contributed by atoms with E-state index < -0.39 is 10.1 Å². The number of nitrogens with zero attached hydrogens (tertiary/aromatic N) is 1. The van der Waals surface area contributed by atoms with E-state index in [2.05, 4.69) is 5.16 Å². The van der Waals surface area contributed by atoms with Crippen LogP contribution in [0, 0.1) is 0 Å². The standard InChI is InChI=1S/C13H9Cl2NO4S/c14-10-2-4-11(5-3-10)21(18,19)20-13-6-1-9(8-16-17)7-12(13)15/h1-8,17H/b16-8-. The number of oxime groups is 1. The Balaban J connectivity index is 2.30. The molecule has 0 heterocycles. The van der Waals surface area contributed by atoms with E-state index in [1.165, 1.54) is 42.5 Å². The zero-order valence-corrected chi connectivity index (χ0v) is 12.7. The zero-order chi connectivity index (χ0) is 15.5. The van der Waals surface area contributed by atoms with Crippen LogP contribution in [0.5, 0.6) is 5.75 Å². The molecule has 0 saturated heterocycles. The summed E-state index contributed by atoms with van der Waals surface area (Å²) in [5.74, 6) is -0.0262. The van der Waals surface area contributed by atoms with E-state index in [-0.39, 0.29) is 15.7 Å². The van der Waals surface area contributed by atoms with Gasteiger partial charge in [0.1, 0.15) is 4.90 Å². The van der Waals surface area contributed by atoms with Crippen molar-refractivity contribution in [2.24, 2.45) is 5.16 Å². The maximum absolute atomic E-state index is 12.1. The minimum atomic E-state index is -4.00. The molecule has 0 aliphatic heterocycles. The molecular formula is C13H9Cl2NO4S. The molecule has 0 aromatic heterocycles. The second-order valence-electron chi connectivity index (χ2n) is 3.93. The first kappa shape index (κ1) is 15.6. The molecule has 0 saturated carbocycles. The van der Waals surface area contributed by atoms with Gasteiger partial charge in [0.15, 0.2) is 5.75 Å². The number of hydrogen-bond donors (Lipinski definition) is 1. The zero-order valence-electron chi connectivity index (χ0n) is 10.4. The second-order valence-corrected chi connectivity index (χ2v) is 6.32. The Morgan fingerprint density at radius 2 is 1.76 bits per heavy atom. The Morgan fingerprint density at radius 1 is 1.10 bits per heavy atom. The van der Waals surface area contributed by atoms with E-state index in [9.17, 15) is 8.42 Å².